The van der Waals surface area contributed by atoms with Crippen LogP contribution in [0.5, 0.6) is 0 Å². The highest BCUT2D eigenvalue weighted by molar-refractivity contribution is 7.89. The summed E-state index contributed by atoms with van der Waals surface area (Å²) in [5, 5.41) is 17.8. The Hall–Kier alpha value is -1.62. The predicted molar refractivity (Wildman–Crippen MR) is 77.4 cm³/mol. The number of hydrogen-bond acceptors (Lipinski definition) is 4. The van der Waals surface area contributed by atoms with Gasteiger partial charge in [0.25, 0.3) is 0 Å². The minimum absolute atomic E-state index is 0.00360. The number of benzene rings is 1. The summed E-state index contributed by atoms with van der Waals surface area (Å²) in [5.41, 5.74) is 0.146. The van der Waals surface area contributed by atoms with Crippen molar-refractivity contribution in [3.63, 3.8) is 0 Å². The first-order valence-corrected chi connectivity index (χ1v) is 7.98. The van der Waals surface area contributed by atoms with E-state index in [4.69, 9.17) is 22.0 Å². The Balaban J connectivity index is 3.08. The van der Waals surface area contributed by atoms with E-state index in [1.165, 1.54) is 12.1 Å². The van der Waals surface area contributed by atoms with Crippen molar-refractivity contribution in [1.29, 1.82) is 5.26 Å². The Labute approximate surface area is 128 Å². The molecule has 114 valence electrons. The van der Waals surface area contributed by atoms with Gasteiger partial charge in [0.1, 0.15) is 12.1 Å². The summed E-state index contributed by atoms with van der Waals surface area (Å²) in [7, 11) is -4.02. The highest BCUT2D eigenvalue weighted by atomic mass is 35.5. The van der Waals surface area contributed by atoms with Crippen molar-refractivity contribution in [2.24, 2.45) is 5.92 Å². The van der Waals surface area contributed by atoms with Gasteiger partial charge in [-0.1, -0.05) is 25.4 Å². The number of nitrogens with zero attached hydrogens (tertiary/aromatic N) is 1. The maximum atomic E-state index is 12.2. The summed E-state index contributed by atoms with van der Waals surface area (Å²) in [6.45, 7) is 3.59. The molecule has 0 radical (unpaired) electrons. The number of carbonyl (C=O) groups is 1. The lowest BCUT2D eigenvalue weighted by Crippen LogP contribution is -2.41. The summed E-state index contributed by atoms with van der Waals surface area (Å²) in [5.74, 6) is -1.23. The van der Waals surface area contributed by atoms with Crippen molar-refractivity contribution < 1.29 is 18.3 Å². The first-order valence-electron chi connectivity index (χ1n) is 6.12. The summed E-state index contributed by atoms with van der Waals surface area (Å²) in [4.78, 5) is 10.9. The minimum atomic E-state index is -4.02. The van der Waals surface area contributed by atoms with Gasteiger partial charge < -0.3 is 5.11 Å². The maximum Gasteiger partial charge on any atom is 0.321 e. The Morgan fingerprint density at radius 1 is 1.48 bits per heavy atom. The van der Waals surface area contributed by atoms with E-state index in [9.17, 15) is 13.2 Å². The van der Waals surface area contributed by atoms with Crippen LogP contribution in [-0.4, -0.2) is 25.5 Å². The molecule has 0 saturated heterocycles. The number of aliphatic carboxylic acids is 1. The molecule has 0 aliphatic carbocycles. The quantitative estimate of drug-likeness (QED) is 0.829. The van der Waals surface area contributed by atoms with Crippen LogP contribution >= 0.6 is 11.6 Å². The third-order valence-electron chi connectivity index (χ3n) is 2.67. The van der Waals surface area contributed by atoms with E-state index in [1.54, 1.807) is 13.8 Å². The van der Waals surface area contributed by atoms with E-state index in [1.807, 2.05) is 6.07 Å². The first-order chi connectivity index (χ1) is 9.67. The Morgan fingerprint density at radius 3 is 2.52 bits per heavy atom. The number of nitrogens with one attached hydrogen (secondary N) is 1. The van der Waals surface area contributed by atoms with Crippen LogP contribution in [0.25, 0.3) is 0 Å². The molecule has 0 bridgehead atoms. The van der Waals surface area contributed by atoms with E-state index >= 15 is 0 Å². The SMILES string of the molecule is CC(C)C[C@@H](NS(=O)(=O)c1ccc(C#N)c(Cl)c1)C(=O)O. The molecule has 1 rings (SSSR count). The molecule has 1 atom stereocenters. The molecule has 0 aromatic heterocycles. The van der Waals surface area contributed by atoms with Gasteiger partial charge in [-0.05, 0) is 30.5 Å². The van der Waals surface area contributed by atoms with Crippen LogP contribution in [-0.2, 0) is 14.8 Å². The summed E-state index contributed by atoms with van der Waals surface area (Å²) in [6, 6.07) is 4.20. The topological polar surface area (TPSA) is 107 Å². The lowest BCUT2D eigenvalue weighted by Gasteiger charge is -2.16. The van der Waals surface area contributed by atoms with Crippen LogP contribution in [0, 0.1) is 17.2 Å². The van der Waals surface area contributed by atoms with Crippen LogP contribution < -0.4 is 4.72 Å². The largest absolute Gasteiger partial charge is 0.480 e. The van der Waals surface area contributed by atoms with Crippen molar-refractivity contribution in [3.05, 3.63) is 28.8 Å². The van der Waals surface area contributed by atoms with Gasteiger partial charge in [-0.2, -0.15) is 9.98 Å². The molecule has 0 fully saturated rings. The molecule has 1 aromatic carbocycles. The molecule has 0 amide bonds. The van der Waals surface area contributed by atoms with Gasteiger partial charge in [0.2, 0.25) is 10.0 Å². The van der Waals surface area contributed by atoms with Gasteiger partial charge in [0.05, 0.1) is 15.5 Å². The number of rotatable bonds is 6. The van der Waals surface area contributed by atoms with Gasteiger partial charge in [0, 0.05) is 0 Å². The smallest absolute Gasteiger partial charge is 0.321 e. The fourth-order valence-corrected chi connectivity index (χ4v) is 3.20. The fraction of sp³-hybridized carbons (Fsp3) is 0.385. The molecule has 0 spiro atoms. The Bertz CT molecular complexity index is 680. The molecule has 6 nitrogen and oxygen atoms in total. The van der Waals surface area contributed by atoms with Gasteiger partial charge >= 0.3 is 5.97 Å². The zero-order valence-electron chi connectivity index (χ0n) is 11.5. The van der Waals surface area contributed by atoms with Crippen LogP contribution in [0.15, 0.2) is 23.1 Å². The molecule has 0 heterocycles. The molecule has 8 heteroatoms. The summed E-state index contributed by atoms with van der Waals surface area (Å²) < 4.78 is 26.5. The first kappa shape index (κ1) is 17.4. The average molecular weight is 331 g/mol. The molecule has 0 unspecified atom stereocenters. The van der Waals surface area contributed by atoms with E-state index in [0.717, 1.165) is 6.07 Å². The third-order valence-corrected chi connectivity index (χ3v) is 4.46. The number of hydrogen-bond donors (Lipinski definition) is 2. The maximum absolute atomic E-state index is 12.2. The Kier molecular flexibility index (Phi) is 5.72. The molecule has 0 aliphatic heterocycles. The number of halogens is 1. The van der Waals surface area contributed by atoms with E-state index in [-0.39, 0.29) is 27.8 Å². The fourth-order valence-electron chi connectivity index (χ4n) is 1.68. The molecular formula is C13H15ClN2O4S. The second-order valence-electron chi connectivity index (χ2n) is 4.90. The highest BCUT2D eigenvalue weighted by Crippen LogP contribution is 2.20. The van der Waals surface area contributed by atoms with E-state index < -0.39 is 22.0 Å². The van der Waals surface area contributed by atoms with E-state index in [0.29, 0.717) is 0 Å². The van der Waals surface area contributed by atoms with Crippen molar-refractivity contribution in [3.8, 4) is 6.07 Å². The molecule has 0 aliphatic rings. The third kappa shape index (κ3) is 4.70. The van der Waals surface area contributed by atoms with Gasteiger partial charge in [-0.3, -0.25) is 4.79 Å². The van der Waals surface area contributed by atoms with Crippen LogP contribution in [0.1, 0.15) is 25.8 Å². The molecular weight excluding hydrogens is 316 g/mol. The molecule has 0 saturated carbocycles. The van der Waals surface area contributed by atoms with Crippen molar-refractivity contribution >= 4 is 27.6 Å². The number of carboxylic acid groups (broad SMARTS) is 1. The highest BCUT2D eigenvalue weighted by Gasteiger charge is 2.26. The number of carboxylic acids is 1. The average Bonchev–Trinajstić information content (AvgIpc) is 2.36. The van der Waals surface area contributed by atoms with Crippen molar-refractivity contribution in [2.75, 3.05) is 0 Å². The summed E-state index contributed by atoms with van der Waals surface area (Å²) in [6.07, 6.45) is 0.165. The Morgan fingerprint density at radius 2 is 2.10 bits per heavy atom. The van der Waals surface area contributed by atoms with Crippen molar-refractivity contribution in [2.45, 2.75) is 31.2 Å². The predicted octanol–water partition coefficient (Wildman–Crippen LogP) is 1.99. The normalized spacial score (nSPS) is 12.9. The number of sulfonamides is 1. The van der Waals surface area contributed by atoms with Crippen LogP contribution in [0.3, 0.4) is 0 Å². The minimum Gasteiger partial charge on any atom is -0.480 e. The monoisotopic (exact) mass is 330 g/mol. The van der Waals surface area contributed by atoms with Gasteiger partial charge in [-0.25, -0.2) is 8.42 Å². The molecule has 1 aromatic rings. The zero-order chi connectivity index (χ0) is 16.2. The second kappa shape index (κ2) is 6.89. The van der Waals surface area contributed by atoms with Gasteiger partial charge in [-0.15, -0.1) is 0 Å². The molecule has 2 N–H and O–H groups in total. The van der Waals surface area contributed by atoms with Crippen molar-refractivity contribution in [1.82, 2.24) is 4.72 Å². The molecule has 21 heavy (non-hydrogen) atoms. The standard InChI is InChI=1S/C13H15ClN2O4S/c1-8(2)5-12(13(17)18)16-21(19,20)10-4-3-9(7-15)11(14)6-10/h3-4,6,8,12,16H,5H2,1-2H3,(H,17,18)/t12-/m1/s1. The van der Waals surface area contributed by atoms with Crippen LogP contribution in [0.4, 0.5) is 0 Å². The van der Waals surface area contributed by atoms with Crippen LogP contribution in [0.2, 0.25) is 5.02 Å². The number of nitriles is 1. The van der Waals surface area contributed by atoms with E-state index in [2.05, 4.69) is 4.72 Å². The van der Waals surface area contributed by atoms with Gasteiger partial charge in [0.15, 0.2) is 0 Å². The second-order valence-corrected chi connectivity index (χ2v) is 7.02. The summed E-state index contributed by atoms with van der Waals surface area (Å²) >= 11 is 5.79. The lowest BCUT2D eigenvalue weighted by molar-refractivity contribution is -0.139. The lowest BCUT2D eigenvalue weighted by atomic mass is 10.1. The zero-order valence-corrected chi connectivity index (χ0v) is 13.1.